The van der Waals surface area contributed by atoms with Crippen LogP contribution in [-0.4, -0.2) is 18.0 Å². The van der Waals surface area contributed by atoms with E-state index in [0.717, 1.165) is 34.8 Å². The highest BCUT2D eigenvalue weighted by atomic mass is 19.1. The van der Waals surface area contributed by atoms with E-state index in [1.807, 2.05) is 38.1 Å². The molecule has 2 aromatic rings. The minimum absolute atomic E-state index is 0.205. The number of ether oxygens (including phenoxy) is 1. The van der Waals surface area contributed by atoms with Gasteiger partial charge < -0.3 is 10.1 Å². The van der Waals surface area contributed by atoms with E-state index in [4.69, 9.17) is 9.73 Å². The molecular weight excluding hydrogens is 291 g/mol. The van der Waals surface area contributed by atoms with Crippen LogP contribution < -0.4 is 10.1 Å². The van der Waals surface area contributed by atoms with Crippen molar-refractivity contribution in [3.8, 4) is 5.75 Å². The van der Waals surface area contributed by atoms with Crippen LogP contribution in [0.3, 0.4) is 0 Å². The third kappa shape index (κ3) is 3.07. The van der Waals surface area contributed by atoms with Gasteiger partial charge in [0.15, 0.2) is 5.72 Å². The van der Waals surface area contributed by atoms with Crippen molar-refractivity contribution in [2.75, 3.05) is 11.9 Å². The number of nitrogens with zero attached hydrogens (tertiary/aromatic N) is 1. The number of hydrogen-bond acceptors (Lipinski definition) is 3. The first-order valence-electron chi connectivity index (χ1n) is 7.83. The van der Waals surface area contributed by atoms with Gasteiger partial charge in [0.1, 0.15) is 11.6 Å². The Bertz CT molecular complexity index is 781. The summed E-state index contributed by atoms with van der Waals surface area (Å²) in [6.07, 6.45) is 0. The van der Waals surface area contributed by atoms with Gasteiger partial charge in [-0.3, -0.25) is 0 Å². The summed E-state index contributed by atoms with van der Waals surface area (Å²) >= 11 is 0. The van der Waals surface area contributed by atoms with E-state index in [1.54, 1.807) is 13.0 Å². The number of aryl methyl sites for hydroxylation is 1. The lowest BCUT2D eigenvalue weighted by Crippen LogP contribution is -2.32. The van der Waals surface area contributed by atoms with Crippen molar-refractivity contribution in [2.45, 2.75) is 33.4 Å². The first kappa shape index (κ1) is 15.5. The third-order valence-electron chi connectivity index (χ3n) is 3.79. The van der Waals surface area contributed by atoms with E-state index >= 15 is 0 Å². The summed E-state index contributed by atoms with van der Waals surface area (Å²) in [6, 6.07) is 11.1. The SMILES string of the molecule is CCNc1ccc2c(c1)OC(C)(C)N=C2c1ccc(F)c(C)c1. The fourth-order valence-electron chi connectivity index (χ4n) is 2.75. The Balaban J connectivity index is 2.12. The molecule has 0 saturated heterocycles. The summed E-state index contributed by atoms with van der Waals surface area (Å²) in [7, 11) is 0. The Morgan fingerprint density at radius 2 is 1.96 bits per heavy atom. The Hall–Kier alpha value is -2.36. The minimum atomic E-state index is -0.657. The summed E-state index contributed by atoms with van der Waals surface area (Å²) in [5, 5.41) is 3.29. The highest BCUT2D eigenvalue weighted by Crippen LogP contribution is 2.34. The van der Waals surface area contributed by atoms with E-state index in [0.29, 0.717) is 5.56 Å². The second-order valence-electron chi connectivity index (χ2n) is 6.21. The van der Waals surface area contributed by atoms with Gasteiger partial charge >= 0.3 is 0 Å². The summed E-state index contributed by atoms with van der Waals surface area (Å²) in [5.74, 6) is 0.587. The van der Waals surface area contributed by atoms with Crippen molar-refractivity contribution in [3.05, 3.63) is 58.9 Å². The van der Waals surface area contributed by atoms with Crippen LogP contribution >= 0.6 is 0 Å². The van der Waals surface area contributed by atoms with Crippen molar-refractivity contribution in [1.29, 1.82) is 0 Å². The number of benzene rings is 2. The fraction of sp³-hybridized carbons (Fsp3) is 0.316. The molecule has 2 aromatic carbocycles. The molecule has 3 nitrogen and oxygen atoms in total. The van der Waals surface area contributed by atoms with Crippen LogP contribution in [0.15, 0.2) is 41.4 Å². The predicted octanol–water partition coefficient (Wildman–Crippen LogP) is 4.53. The zero-order valence-electron chi connectivity index (χ0n) is 13.9. The maximum atomic E-state index is 13.6. The van der Waals surface area contributed by atoms with Crippen molar-refractivity contribution in [3.63, 3.8) is 0 Å². The van der Waals surface area contributed by atoms with Gasteiger partial charge in [0.25, 0.3) is 0 Å². The maximum Gasteiger partial charge on any atom is 0.195 e. The van der Waals surface area contributed by atoms with Crippen LogP contribution in [0.4, 0.5) is 10.1 Å². The molecule has 0 aliphatic carbocycles. The number of aliphatic imine (C=N–C) groups is 1. The summed E-state index contributed by atoms with van der Waals surface area (Å²) in [5.41, 5.74) is 3.63. The normalized spacial score (nSPS) is 15.4. The van der Waals surface area contributed by atoms with E-state index in [1.165, 1.54) is 6.07 Å². The molecule has 0 bridgehead atoms. The standard InChI is InChI=1S/C19H21FN2O/c1-5-21-14-7-8-15-17(11-14)23-19(3,4)22-18(15)13-6-9-16(20)12(2)10-13/h6-11,21H,5H2,1-4H3. The Labute approximate surface area is 136 Å². The molecule has 0 radical (unpaired) electrons. The highest BCUT2D eigenvalue weighted by molar-refractivity contribution is 6.15. The van der Waals surface area contributed by atoms with Gasteiger partial charge in [0.05, 0.1) is 5.71 Å². The van der Waals surface area contributed by atoms with Gasteiger partial charge in [-0.25, -0.2) is 9.38 Å². The highest BCUT2D eigenvalue weighted by Gasteiger charge is 2.29. The van der Waals surface area contributed by atoms with Gasteiger partial charge in [0.2, 0.25) is 0 Å². The molecule has 0 atom stereocenters. The van der Waals surface area contributed by atoms with Gasteiger partial charge in [-0.15, -0.1) is 0 Å². The lowest BCUT2D eigenvalue weighted by molar-refractivity contribution is 0.115. The van der Waals surface area contributed by atoms with Crippen LogP contribution in [0.5, 0.6) is 5.75 Å². The fourth-order valence-corrected chi connectivity index (χ4v) is 2.75. The molecule has 0 spiro atoms. The van der Waals surface area contributed by atoms with Crippen LogP contribution in [0.1, 0.15) is 37.5 Å². The molecule has 1 heterocycles. The Morgan fingerprint density at radius 3 is 2.65 bits per heavy atom. The average molecular weight is 312 g/mol. The molecule has 3 rings (SSSR count). The smallest absolute Gasteiger partial charge is 0.195 e. The van der Waals surface area contributed by atoms with Crippen LogP contribution in [0, 0.1) is 12.7 Å². The Morgan fingerprint density at radius 1 is 1.17 bits per heavy atom. The molecule has 1 aliphatic rings. The predicted molar refractivity (Wildman–Crippen MR) is 92.1 cm³/mol. The van der Waals surface area contributed by atoms with Crippen LogP contribution in [0.2, 0.25) is 0 Å². The van der Waals surface area contributed by atoms with Crippen LogP contribution in [0.25, 0.3) is 0 Å². The number of fused-ring (bicyclic) bond motifs is 1. The van der Waals surface area contributed by atoms with E-state index < -0.39 is 5.72 Å². The minimum Gasteiger partial charge on any atom is -0.466 e. The Kier molecular flexibility index (Phi) is 3.84. The molecule has 0 unspecified atom stereocenters. The van der Waals surface area contributed by atoms with Gasteiger partial charge in [-0.1, -0.05) is 0 Å². The van der Waals surface area contributed by atoms with E-state index in [9.17, 15) is 4.39 Å². The zero-order valence-corrected chi connectivity index (χ0v) is 13.9. The second-order valence-corrected chi connectivity index (χ2v) is 6.21. The van der Waals surface area contributed by atoms with Gasteiger partial charge in [0, 0.05) is 29.4 Å². The third-order valence-corrected chi connectivity index (χ3v) is 3.79. The lowest BCUT2D eigenvalue weighted by atomic mass is 9.97. The molecule has 1 N–H and O–H groups in total. The van der Waals surface area contributed by atoms with Gasteiger partial charge in [-0.2, -0.15) is 0 Å². The molecule has 0 aromatic heterocycles. The first-order chi connectivity index (χ1) is 10.9. The zero-order chi connectivity index (χ0) is 16.6. The van der Waals surface area contributed by atoms with Crippen molar-refractivity contribution < 1.29 is 9.13 Å². The summed E-state index contributed by atoms with van der Waals surface area (Å²) in [4.78, 5) is 4.72. The lowest BCUT2D eigenvalue weighted by Gasteiger charge is -2.30. The average Bonchev–Trinajstić information content (AvgIpc) is 2.48. The summed E-state index contributed by atoms with van der Waals surface area (Å²) < 4.78 is 19.6. The molecule has 0 fully saturated rings. The molecule has 4 heteroatoms. The number of rotatable bonds is 3. The van der Waals surface area contributed by atoms with Gasteiger partial charge in [-0.05, 0) is 63.6 Å². The van der Waals surface area contributed by atoms with E-state index in [2.05, 4.69) is 12.2 Å². The molecule has 120 valence electrons. The number of hydrogen-bond donors (Lipinski definition) is 1. The topological polar surface area (TPSA) is 33.6 Å². The molecular formula is C19H21FN2O. The number of anilines is 1. The summed E-state index contributed by atoms with van der Waals surface area (Å²) in [6.45, 7) is 8.51. The first-order valence-corrected chi connectivity index (χ1v) is 7.83. The van der Waals surface area contributed by atoms with Crippen molar-refractivity contribution >= 4 is 11.4 Å². The molecule has 0 amide bonds. The number of nitrogens with one attached hydrogen (secondary N) is 1. The number of halogens is 1. The van der Waals surface area contributed by atoms with Crippen molar-refractivity contribution in [2.24, 2.45) is 4.99 Å². The molecule has 0 saturated carbocycles. The molecule has 23 heavy (non-hydrogen) atoms. The second kappa shape index (κ2) is 5.69. The van der Waals surface area contributed by atoms with Crippen molar-refractivity contribution in [1.82, 2.24) is 0 Å². The maximum absolute atomic E-state index is 13.6. The quantitative estimate of drug-likeness (QED) is 0.903. The van der Waals surface area contributed by atoms with Crippen LogP contribution in [-0.2, 0) is 0 Å². The molecule has 1 aliphatic heterocycles. The monoisotopic (exact) mass is 312 g/mol. The van der Waals surface area contributed by atoms with E-state index in [-0.39, 0.29) is 5.82 Å². The largest absolute Gasteiger partial charge is 0.466 e.